The number of hydrogen-bond acceptors (Lipinski definition) is 3. The van der Waals surface area contributed by atoms with Crippen LogP contribution in [0.2, 0.25) is 0 Å². The average molecular weight is 315 g/mol. The van der Waals surface area contributed by atoms with Crippen molar-refractivity contribution in [1.29, 1.82) is 0 Å². The number of methoxy groups -OCH3 is 1. The van der Waals surface area contributed by atoms with E-state index in [1.165, 1.54) is 5.56 Å². The molecule has 0 aliphatic heterocycles. The topological polar surface area (TPSA) is 64.3 Å². The van der Waals surface area contributed by atoms with Gasteiger partial charge < -0.3 is 15.8 Å². The number of aryl methyl sites for hydroxylation is 1. The molecule has 4 nitrogen and oxygen atoms in total. The highest BCUT2D eigenvalue weighted by atomic mass is 35.5. The summed E-state index contributed by atoms with van der Waals surface area (Å²) in [6.07, 6.45) is 4.74. The maximum Gasteiger partial charge on any atom is 0.220 e. The van der Waals surface area contributed by atoms with Crippen molar-refractivity contribution < 1.29 is 9.53 Å². The lowest BCUT2D eigenvalue weighted by Crippen LogP contribution is -2.37. The first kappa shape index (κ1) is 19.7. The largest absolute Gasteiger partial charge is 0.497 e. The van der Waals surface area contributed by atoms with Crippen LogP contribution in [0.4, 0.5) is 0 Å². The summed E-state index contributed by atoms with van der Waals surface area (Å²) >= 11 is 0. The van der Waals surface area contributed by atoms with Crippen molar-refractivity contribution in [1.82, 2.24) is 5.32 Å². The van der Waals surface area contributed by atoms with Crippen molar-refractivity contribution in [2.75, 3.05) is 13.7 Å². The lowest BCUT2D eigenvalue weighted by molar-refractivity contribution is -0.121. The van der Waals surface area contributed by atoms with Gasteiger partial charge in [0.1, 0.15) is 5.75 Å². The van der Waals surface area contributed by atoms with E-state index < -0.39 is 0 Å². The highest BCUT2D eigenvalue weighted by Gasteiger charge is 2.04. The summed E-state index contributed by atoms with van der Waals surface area (Å²) in [4.78, 5) is 11.5. The number of nitrogens with one attached hydrogen (secondary N) is 1. The monoisotopic (exact) mass is 314 g/mol. The smallest absolute Gasteiger partial charge is 0.220 e. The summed E-state index contributed by atoms with van der Waals surface area (Å²) in [5.41, 5.74) is 6.77. The van der Waals surface area contributed by atoms with Crippen molar-refractivity contribution in [2.24, 2.45) is 5.73 Å². The molecular weight excluding hydrogens is 288 g/mol. The average Bonchev–Trinajstić information content (AvgIpc) is 2.47. The van der Waals surface area contributed by atoms with Crippen LogP contribution in [-0.4, -0.2) is 25.6 Å². The minimum absolute atomic E-state index is 0. The Kier molecular flexibility index (Phi) is 10.7. The van der Waals surface area contributed by atoms with Gasteiger partial charge in [0.05, 0.1) is 7.11 Å². The first-order valence-corrected chi connectivity index (χ1v) is 7.28. The summed E-state index contributed by atoms with van der Waals surface area (Å²) in [6, 6.07) is 8.22. The van der Waals surface area contributed by atoms with Crippen molar-refractivity contribution in [3.8, 4) is 5.75 Å². The van der Waals surface area contributed by atoms with E-state index in [-0.39, 0.29) is 24.4 Å². The summed E-state index contributed by atoms with van der Waals surface area (Å²) in [5.74, 6) is 0.992. The Labute approximate surface area is 133 Å². The van der Waals surface area contributed by atoms with E-state index in [0.29, 0.717) is 13.0 Å². The number of halogens is 1. The quantitative estimate of drug-likeness (QED) is 0.689. The van der Waals surface area contributed by atoms with Crippen LogP contribution < -0.4 is 15.8 Å². The Morgan fingerprint density at radius 3 is 2.48 bits per heavy atom. The molecular formula is C16H27ClN2O2. The molecule has 0 radical (unpaired) electrons. The fraction of sp³-hybridized carbons (Fsp3) is 0.562. The first-order valence-electron chi connectivity index (χ1n) is 7.28. The maximum absolute atomic E-state index is 11.5. The number of ether oxygens (including phenoxy) is 1. The molecule has 1 rings (SSSR count). The second kappa shape index (κ2) is 11.4. The molecule has 0 aromatic heterocycles. The number of nitrogens with two attached hydrogens (primary N) is 1. The van der Waals surface area contributed by atoms with Gasteiger partial charge in [-0.2, -0.15) is 0 Å². The van der Waals surface area contributed by atoms with Crippen LogP contribution in [0, 0.1) is 0 Å². The van der Waals surface area contributed by atoms with E-state index in [1.807, 2.05) is 19.1 Å². The number of carbonyl (C=O) groups excluding carboxylic acids is 1. The molecule has 0 saturated carbocycles. The molecule has 120 valence electrons. The van der Waals surface area contributed by atoms with E-state index in [4.69, 9.17) is 10.5 Å². The van der Waals surface area contributed by atoms with Crippen molar-refractivity contribution in [3.05, 3.63) is 29.8 Å². The molecule has 0 spiro atoms. The molecule has 0 aliphatic rings. The number of unbranched alkanes of at least 4 members (excludes halogenated alkanes) is 2. The van der Waals surface area contributed by atoms with Gasteiger partial charge in [-0.15, -0.1) is 12.4 Å². The van der Waals surface area contributed by atoms with E-state index >= 15 is 0 Å². The summed E-state index contributed by atoms with van der Waals surface area (Å²) < 4.78 is 5.13. The molecule has 5 heteroatoms. The van der Waals surface area contributed by atoms with E-state index in [9.17, 15) is 4.79 Å². The highest BCUT2D eigenvalue weighted by molar-refractivity contribution is 5.85. The van der Waals surface area contributed by atoms with E-state index in [1.54, 1.807) is 7.11 Å². The van der Waals surface area contributed by atoms with Gasteiger partial charge in [0.2, 0.25) is 5.91 Å². The lowest BCUT2D eigenvalue weighted by Gasteiger charge is -2.10. The number of hydrogen-bond donors (Lipinski definition) is 2. The Balaban J connectivity index is 0.00000400. The molecule has 1 aromatic carbocycles. The standard InChI is InChI=1S/C16H26N2O2.ClH/c1-13(12-17)18-16(19)7-5-3-4-6-14-8-10-15(20-2)11-9-14;/h8-11,13H,3-7,12,17H2,1-2H3,(H,18,19);1H/t13-;/m0./s1. The van der Waals surface area contributed by atoms with Crippen LogP contribution >= 0.6 is 12.4 Å². The molecule has 0 heterocycles. The molecule has 21 heavy (non-hydrogen) atoms. The van der Waals surface area contributed by atoms with E-state index in [0.717, 1.165) is 31.4 Å². The number of amides is 1. The number of rotatable bonds is 9. The van der Waals surface area contributed by atoms with Crippen LogP contribution in [0.25, 0.3) is 0 Å². The third-order valence-electron chi connectivity index (χ3n) is 3.29. The Bertz CT molecular complexity index is 396. The molecule has 0 bridgehead atoms. The SMILES string of the molecule is COc1ccc(CCCCCC(=O)N[C@@H](C)CN)cc1.Cl. The van der Waals surface area contributed by atoms with Crippen LogP contribution in [0.15, 0.2) is 24.3 Å². The Morgan fingerprint density at radius 1 is 1.24 bits per heavy atom. The van der Waals surface area contributed by atoms with Gasteiger partial charge in [-0.3, -0.25) is 4.79 Å². The molecule has 0 fully saturated rings. The first-order chi connectivity index (χ1) is 9.65. The summed E-state index contributed by atoms with van der Waals surface area (Å²) in [6.45, 7) is 2.41. The zero-order chi connectivity index (χ0) is 14.8. The van der Waals surface area contributed by atoms with Crippen LogP contribution in [-0.2, 0) is 11.2 Å². The van der Waals surface area contributed by atoms with E-state index in [2.05, 4.69) is 17.4 Å². The summed E-state index contributed by atoms with van der Waals surface area (Å²) in [7, 11) is 1.67. The normalized spacial score (nSPS) is 11.4. The van der Waals surface area contributed by atoms with Gasteiger partial charge >= 0.3 is 0 Å². The molecule has 1 amide bonds. The second-order valence-electron chi connectivity index (χ2n) is 5.11. The Hall–Kier alpha value is -1.26. The van der Waals surface area contributed by atoms with Gasteiger partial charge in [0.25, 0.3) is 0 Å². The summed E-state index contributed by atoms with van der Waals surface area (Å²) in [5, 5.41) is 2.87. The van der Waals surface area contributed by atoms with Gasteiger partial charge in [-0.05, 0) is 43.9 Å². The van der Waals surface area contributed by atoms with Crippen molar-refractivity contribution in [2.45, 2.75) is 45.1 Å². The minimum atomic E-state index is 0. The van der Waals surface area contributed by atoms with Gasteiger partial charge in [-0.25, -0.2) is 0 Å². The van der Waals surface area contributed by atoms with Crippen molar-refractivity contribution in [3.63, 3.8) is 0 Å². The van der Waals surface area contributed by atoms with Crippen LogP contribution in [0.5, 0.6) is 5.75 Å². The minimum Gasteiger partial charge on any atom is -0.497 e. The second-order valence-corrected chi connectivity index (χ2v) is 5.11. The van der Waals surface area contributed by atoms with Crippen LogP contribution in [0.1, 0.15) is 38.2 Å². The lowest BCUT2D eigenvalue weighted by atomic mass is 10.1. The maximum atomic E-state index is 11.5. The number of benzene rings is 1. The molecule has 3 N–H and O–H groups in total. The fourth-order valence-corrected chi connectivity index (χ4v) is 1.99. The third kappa shape index (κ3) is 8.58. The van der Waals surface area contributed by atoms with Gasteiger partial charge in [0, 0.05) is 19.0 Å². The van der Waals surface area contributed by atoms with Gasteiger partial charge in [0.15, 0.2) is 0 Å². The fourth-order valence-electron chi connectivity index (χ4n) is 1.99. The molecule has 1 aromatic rings. The van der Waals surface area contributed by atoms with Crippen LogP contribution in [0.3, 0.4) is 0 Å². The van der Waals surface area contributed by atoms with Crippen molar-refractivity contribution >= 4 is 18.3 Å². The molecule has 0 aliphatic carbocycles. The van der Waals surface area contributed by atoms with Gasteiger partial charge in [-0.1, -0.05) is 18.6 Å². The zero-order valence-electron chi connectivity index (χ0n) is 12.9. The molecule has 0 unspecified atom stereocenters. The molecule has 1 atom stereocenters. The zero-order valence-corrected chi connectivity index (χ0v) is 13.7. The Morgan fingerprint density at radius 2 is 1.90 bits per heavy atom. The predicted molar refractivity (Wildman–Crippen MR) is 89.1 cm³/mol. The predicted octanol–water partition coefficient (Wildman–Crippen LogP) is 2.68. The third-order valence-corrected chi connectivity index (χ3v) is 3.29. The number of carbonyl (C=O) groups is 1. The molecule has 0 saturated heterocycles. The highest BCUT2D eigenvalue weighted by Crippen LogP contribution is 2.13.